The van der Waals surface area contributed by atoms with Crippen LogP contribution in [-0.4, -0.2) is 43.0 Å². The summed E-state index contributed by atoms with van der Waals surface area (Å²) in [5.74, 6) is 0.416. The highest BCUT2D eigenvalue weighted by Crippen LogP contribution is 2.40. The van der Waals surface area contributed by atoms with E-state index in [-0.39, 0.29) is 23.7 Å². The Hall–Kier alpha value is -1.82. The zero-order valence-electron chi connectivity index (χ0n) is 11.2. The lowest BCUT2D eigenvalue weighted by Crippen LogP contribution is -2.42. The first-order chi connectivity index (χ1) is 9.75. The van der Waals surface area contributed by atoms with E-state index in [1.165, 1.54) is 0 Å². The molecule has 1 saturated heterocycles. The predicted molar refractivity (Wildman–Crippen MR) is 69.6 cm³/mol. The fourth-order valence-corrected chi connectivity index (χ4v) is 2.49. The lowest BCUT2D eigenvalue weighted by Gasteiger charge is -2.27. The maximum atomic E-state index is 12.2. The zero-order chi connectivity index (χ0) is 13.9. The third-order valence-electron chi connectivity index (χ3n) is 3.78. The number of rotatable bonds is 4. The molecule has 2 amide bonds. The van der Waals surface area contributed by atoms with E-state index in [0.29, 0.717) is 39.3 Å². The highest BCUT2D eigenvalue weighted by atomic mass is 16.5. The van der Waals surface area contributed by atoms with Gasteiger partial charge in [-0.15, -0.1) is 0 Å². The lowest BCUT2D eigenvalue weighted by molar-refractivity contribution is -0.138. The monoisotopic (exact) mass is 278 g/mol. The Bertz CT molecular complexity index is 479. The van der Waals surface area contributed by atoms with Crippen molar-refractivity contribution >= 4 is 11.8 Å². The highest BCUT2D eigenvalue weighted by molar-refractivity contribution is 5.92. The predicted octanol–water partition coefficient (Wildman–Crippen LogP) is 0.391. The molecule has 2 heterocycles. The van der Waals surface area contributed by atoms with Crippen molar-refractivity contribution in [2.24, 2.45) is 11.8 Å². The van der Waals surface area contributed by atoms with Gasteiger partial charge in [-0.1, -0.05) is 0 Å². The van der Waals surface area contributed by atoms with Gasteiger partial charge in [-0.05, 0) is 18.6 Å². The highest BCUT2D eigenvalue weighted by Gasteiger charge is 2.49. The van der Waals surface area contributed by atoms with Crippen molar-refractivity contribution in [2.45, 2.75) is 13.0 Å². The fourth-order valence-electron chi connectivity index (χ4n) is 2.49. The number of hydrogen-bond donors (Lipinski definition) is 1. The first-order valence-electron chi connectivity index (χ1n) is 6.92. The Labute approximate surface area is 117 Å². The molecule has 2 atom stereocenters. The van der Waals surface area contributed by atoms with Gasteiger partial charge < -0.3 is 19.4 Å². The van der Waals surface area contributed by atoms with Gasteiger partial charge in [-0.25, -0.2) is 0 Å². The zero-order valence-corrected chi connectivity index (χ0v) is 11.2. The quantitative estimate of drug-likeness (QED) is 0.865. The second-order valence-electron chi connectivity index (χ2n) is 5.18. The third kappa shape index (κ3) is 2.85. The van der Waals surface area contributed by atoms with E-state index in [9.17, 15) is 9.59 Å². The van der Waals surface area contributed by atoms with Gasteiger partial charge in [0.2, 0.25) is 11.8 Å². The number of furan rings is 1. The molecule has 0 spiro atoms. The van der Waals surface area contributed by atoms with E-state index in [4.69, 9.17) is 9.15 Å². The van der Waals surface area contributed by atoms with Crippen LogP contribution in [0.4, 0.5) is 0 Å². The first kappa shape index (κ1) is 13.2. The average Bonchev–Trinajstić information content (AvgIpc) is 3.12. The van der Waals surface area contributed by atoms with Crippen molar-refractivity contribution in [2.75, 3.05) is 26.3 Å². The number of nitrogens with one attached hydrogen (secondary N) is 1. The summed E-state index contributed by atoms with van der Waals surface area (Å²) < 4.78 is 10.4. The summed E-state index contributed by atoms with van der Waals surface area (Å²) in [6.07, 6.45) is 2.23. The summed E-state index contributed by atoms with van der Waals surface area (Å²) >= 11 is 0. The van der Waals surface area contributed by atoms with E-state index in [2.05, 4.69) is 5.32 Å². The summed E-state index contributed by atoms with van der Waals surface area (Å²) in [5.41, 5.74) is 0. The van der Waals surface area contributed by atoms with Gasteiger partial charge in [0.25, 0.3) is 0 Å². The maximum absolute atomic E-state index is 12.2. The van der Waals surface area contributed by atoms with Gasteiger partial charge in [0.05, 0.1) is 37.9 Å². The fraction of sp³-hybridized carbons (Fsp3) is 0.571. The van der Waals surface area contributed by atoms with Crippen LogP contribution in [0.15, 0.2) is 22.8 Å². The van der Waals surface area contributed by atoms with Crippen LogP contribution in [0.1, 0.15) is 12.2 Å². The molecule has 2 unspecified atom stereocenters. The molecule has 20 heavy (non-hydrogen) atoms. The normalized spacial score (nSPS) is 25.3. The van der Waals surface area contributed by atoms with Crippen molar-refractivity contribution in [1.29, 1.82) is 0 Å². The minimum atomic E-state index is -0.180. The number of ether oxygens (including phenoxy) is 1. The number of amides is 2. The van der Waals surface area contributed by atoms with E-state index < -0.39 is 0 Å². The number of nitrogens with zero attached hydrogens (tertiary/aromatic N) is 1. The van der Waals surface area contributed by atoms with Crippen molar-refractivity contribution in [1.82, 2.24) is 10.2 Å². The average molecular weight is 278 g/mol. The maximum Gasteiger partial charge on any atom is 0.226 e. The van der Waals surface area contributed by atoms with Crippen LogP contribution in [0.3, 0.4) is 0 Å². The topological polar surface area (TPSA) is 71.8 Å². The van der Waals surface area contributed by atoms with E-state index in [0.717, 1.165) is 5.76 Å². The van der Waals surface area contributed by atoms with Gasteiger partial charge in [0.15, 0.2) is 0 Å². The minimum absolute atomic E-state index is 0.0620. The van der Waals surface area contributed by atoms with Gasteiger partial charge in [-0.2, -0.15) is 0 Å². The second-order valence-corrected chi connectivity index (χ2v) is 5.18. The summed E-state index contributed by atoms with van der Waals surface area (Å²) in [7, 11) is 0. The molecule has 1 aromatic heterocycles. The number of morpholine rings is 1. The third-order valence-corrected chi connectivity index (χ3v) is 3.78. The smallest absolute Gasteiger partial charge is 0.226 e. The van der Waals surface area contributed by atoms with Gasteiger partial charge >= 0.3 is 0 Å². The van der Waals surface area contributed by atoms with Crippen LogP contribution < -0.4 is 5.32 Å². The lowest BCUT2D eigenvalue weighted by atomic mass is 10.2. The molecule has 0 bridgehead atoms. The molecular weight excluding hydrogens is 260 g/mol. The number of hydrogen-bond acceptors (Lipinski definition) is 4. The van der Waals surface area contributed by atoms with Crippen LogP contribution in [0.5, 0.6) is 0 Å². The molecule has 2 fully saturated rings. The van der Waals surface area contributed by atoms with Crippen molar-refractivity contribution in [3.8, 4) is 0 Å². The first-order valence-corrected chi connectivity index (χ1v) is 6.92. The molecule has 1 N–H and O–H groups in total. The van der Waals surface area contributed by atoms with Crippen molar-refractivity contribution in [3.63, 3.8) is 0 Å². The largest absolute Gasteiger partial charge is 0.467 e. The van der Waals surface area contributed by atoms with Crippen LogP contribution in [0.25, 0.3) is 0 Å². The Morgan fingerprint density at radius 1 is 1.30 bits per heavy atom. The van der Waals surface area contributed by atoms with E-state index in [1.54, 1.807) is 17.2 Å². The molecule has 1 aliphatic carbocycles. The molecule has 3 rings (SSSR count). The second kappa shape index (κ2) is 5.66. The molecule has 6 nitrogen and oxygen atoms in total. The van der Waals surface area contributed by atoms with E-state index in [1.807, 2.05) is 6.07 Å². The molecule has 1 saturated carbocycles. The Balaban J connectivity index is 1.45. The molecule has 2 aliphatic rings. The van der Waals surface area contributed by atoms with Crippen LogP contribution in [-0.2, 0) is 20.9 Å². The Morgan fingerprint density at radius 3 is 2.80 bits per heavy atom. The Kier molecular flexibility index (Phi) is 3.73. The molecule has 1 aliphatic heterocycles. The molecule has 1 aromatic rings. The summed E-state index contributed by atoms with van der Waals surface area (Å²) in [6.45, 7) is 2.83. The van der Waals surface area contributed by atoms with Gasteiger partial charge in [0, 0.05) is 13.1 Å². The van der Waals surface area contributed by atoms with Crippen molar-refractivity contribution in [3.05, 3.63) is 24.2 Å². The number of carbonyl (C=O) groups excluding carboxylic acids is 2. The van der Waals surface area contributed by atoms with Crippen LogP contribution in [0, 0.1) is 11.8 Å². The van der Waals surface area contributed by atoms with Crippen molar-refractivity contribution < 1.29 is 18.7 Å². The summed E-state index contributed by atoms with van der Waals surface area (Å²) in [6, 6.07) is 3.59. The molecular formula is C14H18N2O4. The van der Waals surface area contributed by atoms with Crippen LogP contribution >= 0.6 is 0 Å². The molecule has 108 valence electrons. The summed E-state index contributed by atoms with van der Waals surface area (Å²) in [5, 5.41) is 2.81. The van der Waals surface area contributed by atoms with E-state index >= 15 is 0 Å². The molecule has 0 aromatic carbocycles. The van der Waals surface area contributed by atoms with Gasteiger partial charge in [0.1, 0.15) is 5.76 Å². The molecule has 0 radical (unpaired) electrons. The summed E-state index contributed by atoms with van der Waals surface area (Å²) in [4.78, 5) is 25.9. The number of carbonyl (C=O) groups is 2. The van der Waals surface area contributed by atoms with Gasteiger partial charge in [-0.3, -0.25) is 9.59 Å². The molecule has 6 heteroatoms. The Morgan fingerprint density at radius 2 is 2.10 bits per heavy atom. The SMILES string of the molecule is O=C(NCc1ccco1)C1CC1C(=O)N1CCOCC1. The van der Waals surface area contributed by atoms with Crippen LogP contribution in [0.2, 0.25) is 0 Å². The standard InChI is InChI=1S/C14H18N2O4/c17-13(15-9-10-2-1-5-20-10)11-8-12(11)14(18)16-3-6-19-7-4-16/h1-2,5,11-12H,3-4,6-9H2,(H,15,17). The minimum Gasteiger partial charge on any atom is -0.467 e.